The van der Waals surface area contributed by atoms with Crippen molar-refractivity contribution in [3.63, 3.8) is 0 Å². The number of carbonyl (C=O) groups excluding carboxylic acids is 1. The first-order valence-electron chi connectivity index (χ1n) is 5.30. The van der Waals surface area contributed by atoms with Crippen molar-refractivity contribution in [1.29, 1.82) is 0 Å². The van der Waals surface area contributed by atoms with Gasteiger partial charge in [-0.25, -0.2) is 0 Å². The van der Waals surface area contributed by atoms with Crippen molar-refractivity contribution in [2.24, 2.45) is 5.73 Å². The Bertz CT molecular complexity index is 355. The third-order valence-electron chi connectivity index (χ3n) is 2.16. The van der Waals surface area contributed by atoms with Crippen LogP contribution in [0, 0.1) is 3.57 Å². The Morgan fingerprint density at radius 2 is 2.19 bits per heavy atom. The minimum atomic E-state index is -0.280. The highest BCUT2D eigenvalue weighted by Gasteiger charge is 2.14. The fourth-order valence-corrected chi connectivity index (χ4v) is 2.13. The first kappa shape index (κ1) is 13.4. The fourth-order valence-electron chi connectivity index (χ4n) is 1.34. The van der Waals surface area contributed by atoms with E-state index in [-0.39, 0.29) is 18.4 Å². The van der Waals surface area contributed by atoms with Crippen molar-refractivity contribution in [1.82, 2.24) is 0 Å². The van der Waals surface area contributed by atoms with Crippen molar-refractivity contribution in [3.05, 3.63) is 33.4 Å². The summed E-state index contributed by atoms with van der Waals surface area (Å²) < 4.78 is 6.08. The molecule has 4 heteroatoms. The van der Waals surface area contributed by atoms with Gasteiger partial charge in [0.05, 0.1) is 13.0 Å². The highest BCUT2D eigenvalue weighted by Crippen LogP contribution is 2.20. The molecule has 0 amide bonds. The Morgan fingerprint density at radius 3 is 2.81 bits per heavy atom. The van der Waals surface area contributed by atoms with Crippen LogP contribution in [0.5, 0.6) is 0 Å². The number of hydrogen-bond acceptors (Lipinski definition) is 3. The van der Waals surface area contributed by atoms with Crippen LogP contribution >= 0.6 is 22.6 Å². The number of hydrogen-bond donors (Lipinski definition) is 1. The molecule has 1 aromatic carbocycles. The molecule has 1 aromatic rings. The lowest BCUT2D eigenvalue weighted by Crippen LogP contribution is -2.18. The topological polar surface area (TPSA) is 52.3 Å². The molecule has 0 saturated heterocycles. The summed E-state index contributed by atoms with van der Waals surface area (Å²) in [7, 11) is 0. The summed E-state index contributed by atoms with van der Waals surface area (Å²) in [5, 5.41) is 0. The molecule has 1 rings (SSSR count). The Labute approximate surface area is 109 Å². The summed E-state index contributed by atoms with van der Waals surface area (Å²) in [5.74, 6) is -0.228. The van der Waals surface area contributed by atoms with E-state index in [4.69, 9.17) is 10.5 Å². The monoisotopic (exact) mass is 333 g/mol. The van der Waals surface area contributed by atoms with E-state index in [2.05, 4.69) is 22.6 Å². The lowest BCUT2D eigenvalue weighted by Gasteiger charge is -2.13. The van der Waals surface area contributed by atoms with Gasteiger partial charge in [0.15, 0.2) is 0 Å². The highest BCUT2D eigenvalue weighted by molar-refractivity contribution is 14.1. The summed E-state index contributed by atoms with van der Waals surface area (Å²) in [6.07, 6.45) is 1.07. The second-order valence-corrected chi connectivity index (χ2v) is 4.71. The number of benzene rings is 1. The van der Waals surface area contributed by atoms with Gasteiger partial charge in [0.2, 0.25) is 0 Å². The zero-order valence-corrected chi connectivity index (χ0v) is 11.4. The van der Waals surface area contributed by atoms with Gasteiger partial charge < -0.3 is 10.5 Å². The van der Waals surface area contributed by atoms with Crippen LogP contribution in [0.3, 0.4) is 0 Å². The van der Waals surface area contributed by atoms with Gasteiger partial charge in [-0.1, -0.05) is 25.1 Å². The van der Waals surface area contributed by atoms with E-state index in [0.717, 1.165) is 15.6 Å². The number of nitrogens with two attached hydrogens (primary N) is 1. The average molecular weight is 333 g/mol. The number of halogens is 1. The smallest absolute Gasteiger partial charge is 0.307 e. The molecule has 88 valence electrons. The third kappa shape index (κ3) is 4.09. The molecule has 1 atom stereocenters. The van der Waals surface area contributed by atoms with Crippen molar-refractivity contribution in [2.75, 3.05) is 6.61 Å². The Morgan fingerprint density at radius 1 is 1.50 bits per heavy atom. The first-order valence-corrected chi connectivity index (χ1v) is 6.38. The normalized spacial score (nSPS) is 12.2. The van der Waals surface area contributed by atoms with Crippen molar-refractivity contribution < 1.29 is 9.53 Å². The van der Waals surface area contributed by atoms with Crippen LogP contribution in [0.25, 0.3) is 0 Å². The van der Waals surface area contributed by atoms with Crippen molar-refractivity contribution in [2.45, 2.75) is 25.8 Å². The average Bonchev–Trinajstić information content (AvgIpc) is 2.26. The first-order chi connectivity index (χ1) is 7.65. The summed E-state index contributed by atoms with van der Waals surface area (Å²) >= 11 is 2.22. The predicted molar refractivity (Wildman–Crippen MR) is 72.0 cm³/mol. The Hall–Kier alpha value is -0.620. The second-order valence-electron chi connectivity index (χ2n) is 3.55. The minimum absolute atomic E-state index is 0.228. The SMILES string of the molecule is CCCOC(=O)CC(N)c1ccccc1I. The third-order valence-corrected chi connectivity index (χ3v) is 3.14. The van der Waals surface area contributed by atoms with Crippen LogP contribution in [0.4, 0.5) is 0 Å². The number of rotatable bonds is 5. The summed E-state index contributed by atoms with van der Waals surface area (Å²) in [5.41, 5.74) is 6.96. The van der Waals surface area contributed by atoms with Gasteiger partial charge in [-0.05, 0) is 40.6 Å². The highest BCUT2D eigenvalue weighted by atomic mass is 127. The molecule has 0 aliphatic carbocycles. The van der Waals surface area contributed by atoms with E-state index < -0.39 is 0 Å². The van der Waals surface area contributed by atoms with E-state index in [1.54, 1.807) is 0 Å². The van der Waals surface area contributed by atoms with E-state index >= 15 is 0 Å². The van der Waals surface area contributed by atoms with Crippen LogP contribution < -0.4 is 5.73 Å². The number of ether oxygens (including phenoxy) is 1. The minimum Gasteiger partial charge on any atom is -0.466 e. The molecule has 0 saturated carbocycles. The molecule has 3 nitrogen and oxygen atoms in total. The maximum absolute atomic E-state index is 11.4. The van der Waals surface area contributed by atoms with E-state index in [0.29, 0.717) is 6.61 Å². The lowest BCUT2D eigenvalue weighted by atomic mass is 10.1. The zero-order valence-electron chi connectivity index (χ0n) is 9.28. The Balaban J connectivity index is 2.55. The molecule has 0 aromatic heterocycles. The summed E-state index contributed by atoms with van der Waals surface area (Å²) in [4.78, 5) is 11.4. The Kier molecular flexibility index (Phi) is 5.76. The van der Waals surface area contributed by atoms with Gasteiger partial charge in [-0.3, -0.25) is 4.79 Å². The van der Waals surface area contributed by atoms with E-state index in [9.17, 15) is 4.79 Å². The van der Waals surface area contributed by atoms with Crippen molar-refractivity contribution >= 4 is 28.6 Å². The van der Waals surface area contributed by atoms with Gasteiger partial charge in [0, 0.05) is 9.61 Å². The van der Waals surface area contributed by atoms with Crippen LogP contribution in [-0.4, -0.2) is 12.6 Å². The van der Waals surface area contributed by atoms with Crippen LogP contribution in [0.2, 0.25) is 0 Å². The van der Waals surface area contributed by atoms with E-state index in [1.807, 2.05) is 31.2 Å². The molecule has 0 spiro atoms. The quantitative estimate of drug-likeness (QED) is 0.666. The standard InChI is InChI=1S/C12H16INO2/c1-2-7-16-12(15)8-11(14)9-5-3-4-6-10(9)13/h3-6,11H,2,7-8,14H2,1H3. The van der Waals surface area contributed by atoms with E-state index in [1.165, 1.54) is 0 Å². The molecule has 2 N–H and O–H groups in total. The van der Waals surface area contributed by atoms with Crippen LogP contribution in [0.1, 0.15) is 31.4 Å². The van der Waals surface area contributed by atoms with Gasteiger partial charge in [0.25, 0.3) is 0 Å². The number of esters is 1. The van der Waals surface area contributed by atoms with Gasteiger partial charge in [-0.2, -0.15) is 0 Å². The van der Waals surface area contributed by atoms with Crippen LogP contribution in [-0.2, 0) is 9.53 Å². The zero-order chi connectivity index (χ0) is 12.0. The van der Waals surface area contributed by atoms with Gasteiger partial charge in [-0.15, -0.1) is 0 Å². The molecular weight excluding hydrogens is 317 g/mol. The summed E-state index contributed by atoms with van der Waals surface area (Å²) in [6.45, 7) is 2.44. The lowest BCUT2D eigenvalue weighted by molar-refractivity contribution is -0.144. The maximum Gasteiger partial charge on any atom is 0.307 e. The molecule has 0 radical (unpaired) electrons. The summed E-state index contributed by atoms with van der Waals surface area (Å²) in [6, 6.07) is 7.52. The second kappa shape index (κ2) is 6.85. The molecule has 0 heterocycles. The molecular formula is C12H16INO2. The molecule has 0 bridgehead atoms. The maximum atomic E-state index is 11.4. The molecule has 16 heavy (non-hydrogen) atoms. The fraction of sp³-hybridized carbons (Fsp3) is 0.417. The number of carbonyl (C=O) groups is 1. The predicted octanol–water partition coefficient (Wildman–Crippen LogP) is 2.63. The molecule has 1 unspecified atom stereocenters. The van der Waals surface area contributed by atoms with Gasteiger partial charge >= 0.3 is 5.97 Å². The molecule has 0 aliphatic heterocycles. The largest absolute Gasteiger partial charge is 0.466 e. The van der Waals surface area contributed by atoms with Crippen molar-refractivity contribution in [3.8, 4) is 0 Å². The van der Waals surface area contributed by atoms with Crippen LogP contribution in [0.15, 0.2) is 24.3 Å². The molecule has 0 fully saturated rings. The molecule has 0 aliphatic rings. The van der Waals surface area contributed by atoms with Gasteiger partial charge in [0.1, 0.15) is 0 Å².